The second-order valence-corrected chi connectivity index (χ2v) is 6.81. The number of anilines is 1. The summed E-state index contributed by atoms with van der Waals surface area (Å²) in [6.45, 7) is 0. The van der Waals surface area contributed by atoms with E-state index >= 15 is 0 Å². The lowest BCUT2D eigenvalue weighted by atomic mass is 10.2. The zero-order valence-electron chi connectivity index (χ0n) is 11.3. The largest absolute Gasteiger partial charge is 0.286 e. The number of rotatable bonds is 2. The summed E-state index contributed by atoms with van der Waals surface area (Å²) in [5.41, 5.74) is 3.87. The molecule has 0 saturated carbocycles. The molecule has 6 nitrogen and oxygen atoms in total. The summed E-state index contributed by atoms with van der Waals surface area (Å²) < 4.78 is 28.7. The molecule has 9 heteroatoms. The van der Waals surface area contributed by atoms with E-state index in [0.29, 0.717) is 11.3 Å². The van der Waals surface area contributed by atoms with Gasteiger partial charge in [-0.25, -0.2) is 5.43 Å². The summed E-state index contributed by atoms with van der Waals surface area (Å²) in [6, 6.07) is 6.12. The molecular formula is C13H10Cl2N4O2S. The lowest BCUT2D eigenvalue weighted by Gasteiger charge is -2.30. The summed E-state index contributed by atoms with van der Waals surface area (Å²) in [4.78, 5) is 3.91. The zero-order valence-corrected chi connectivity index (χ0v) is 13.6. The first-order valence-electron chi connectivity index (χ1n) is 6.16. The third-order valence-electron chi connectivity index (χ3n) is 3.10. The van der Waals surface area contributed by atoms with Gasteiger partial charge < -0.3 is 0 Å². The van der Waals surface area contributed by atoms with Crippen molar-refractivity contribution in [2.45, 2.75) is 4.90 Å². The van der Waals surface area contributed by atoms with Gasteiger partial charge in [0.2, 0.25) is 0 Å². The van der Waals surface area contributed by atoms with Crippen LogP contribution in [0.3, 0.4) is 0 Å². The van der Waals surface area contributed by atoms with Crippen molar-refractivity contribution < 1.29 is 8.42 Å². The number of benzene rings is 1. The van der Waals surface area contributed by atoms with Crippen molar-refractivity contribution in [2.24, 2.45) is 4.40 Å². The second kappa shape index (κ2) is 5.51. The van der Waals surface area contributed by atoms with Gasteiger partial charge in [0, 0.05) is 25.0 Å². The standard InChI is InChI=1S/C13H10Cl2N4O2S/c1-16-19-11-6-9(14)10(15)7-12(11)22(20,21)18-13(19)8-2-4-17-5-3-8/h2-7,16H,1H3. The number of halogens is 2. The maximum absolute atomic E-state index is 12.4. The number of hydrogen-bond donors (Lipinski definition) is 1. The Hall–Kier alpha value is -1.67. The van der Waals surface area contributed by atoms with Crippen molar-refractivity contribution >= 4 is 44.7 Å². The van der Waals surface area contributed by atoms with Gasteiger partial charge >= 0.3 is 0 Å². The van der Waals surface area contributed by atoms with Crippen molar-refractivity contribution in [1.29, 1.82) is 0 Å². The van der Waals surface area contributed by atoms with Crippen LogP contribution in [0.4, 0.5) is 5.69 Å². The van der Waals surface area contributed by atoms with Crippen LogP contribution in [0.15, 0.2) is 46.0 Å². The Morgan fingerprint density at radius 3 is 2.41 bits per heavy atom. The van der Waals surface area contributed by atoms with Crippen LogP contribution in [-0.2, 0) is 10.0 Å². The predicted molar refractivity (Wildman–Crippen MR) is 86.0 cm³/mol. The number of fused-ring (bicyclic) bond motifs is 1. The topological polar surface area (TPSA) is 74.7 Å². The molecule has 1 aliphatic heterocycles. The highest BCUT2D eigenvalue weighted by molar-refractivity contribution is 7.90. The van der Waals surface area contributed by atoms with Gasteiger partial charge in [-0.15, -0.1) is 4.40 Å². The van der Waals surface area contributed by atoms with Gasteiger partial charge in [0.25, 0.3) is 10.0 Å². The fraction of sp³-hybridized carbons (Fsp3) is 0.0769. The lowest BCUT2D eigenvalue weighted by molar-refractivity contribution is 0.596. The number of amidine groups is 1. The van der Waals surface area contributed by atoms with E-state index in [-0.39, 0.29) is 20.8 Å². The summed E-state index contributed by atoms with van der Waals surface area (Å²) >= 11 is 11.9. The molecule has 0 fully saturated rings. The van der Waals surface area contributed by atoms with Crippen molar-refractivity contribution in [3.05, 3.63) is 52.3 Å². The van der Waals surface area contributed by atoms with E-state index in [1.807, 2.05) is 0 Å². The minimum Gasteiger partial charge on any atom is -0.265 e. The van der Waals surface area contributed by atoms with Gasteiger partial charge in [-0.3, -0.25) is 9.99 Å². The minimum absolute atomic E-state index is 0.00550. The van der Waals surface area contributed by atoms with Crippen LogP contribution in [0.25, 0.3) is 0 Å². The van der Waals surface area contributed by atoms with Gasteiger partial charge in [0.1, 0.15) is 4.90 Å². The van der Waals surface area contributed by atoms with Crippen LogP contribution in [-0.4, -0.2) is 26.3 Å². The molecule has 2 heterocycles. The Kier molecular flexibility index (Phi) is 3.82. The quantitative estimate of drug-likeness (QED) is 0.894. The first-order chi connectivity index (χ1) is 10.4. The Balaban J connectivity index is 2.28. The van der Waals surface area contributed by atoms with Gasteiger partial charge in [-0.2, -0.15) is 8.42 Å². The van der Waals surface area contributed by atoms with Crippen LogP contribution in [0.1, 0.15) is 5.56 Å². The molecule has 22 heavy (non-hydrogen) atoms. The van der Waals surface area contributed by atoms with E-state index in [1.165, 1.54) is 17.1 Å². The average Bonchev–Trinajstić information content (AvgIpc) is 2.50. The zero-order chi connectivity index (χ0) is 15.9. The third kappa shape index (κ3) is 2.46. The second-order valence-electron chi connectivity index (χ2n) is 4.42. The lowest BCUT2D eigenvalue weighted by Crippen LogP contribution is -2.44. The third-order valence-corrected chi connectivity index (χ3v) is 5.12. The van der Waals surface area contributed by atoms with Gasteiger partial charge in [-0.1, -0.05) is 23.2 Å². The number of hydrazine groups is 1. The summed E-state index contributed by atoms with van der Waals surface area (Å²) in [5.74, 6) is 0.232. The average molecular weight is 357 g/mol. The fourth-order valence-corrected chi connectivity index (χ4v) is 3.71. The molecule has 0 unspecified atom stereocenters. The van der Waals surface area contributed by atoms with Crippen LogP contribution >= 0.6 is 23.2 Å². The molecule has 0 bridgehead atoms. The summed E-state index contributed by atoms with van der Waals surface area (Å²) in [5, 5.41) is 1.95. The van der Waals surface area contributed by atoms with E-state index in [9.17, 15) is 8.42 Å². The number of aromatic nitrogens is 1. The van der Waals surface area contributed by atoms with Crippen LogP contribution in [0.2, 0.25) is 10.0 Å². The van der Waals surface area contributed by atoms with Crippen molar-refractivity contribution in [2.75, 3.05) is 12.1 Å². The van der Waals surface area contributed by atoms with Gasteiger partial charge in [-0.05, 0) is 24.3 Å². The molecule has 0 radical (unpaired) electrons. The number of hydrogen-bond acceptors (Lipinski definition) is 5. The smallest absolute Gasteiger partial charge is 0.265 e. The predicted octanol–water partition coefficient (Wildman–Crippen LogP) is 2.48. The fourth-order valence-electron chi connectivity index (χ4n) is 2.13. The highest BCUT2D eigenvalue weighted by atomic mass is 35.5. The molecule has 1 N–H and O–H groups in total. The Labute approximate surface area is 137 Å². The van der Waals surface area contributed by atoms with E-state index in [4.69, 9.17) is 23.2 Å². The summed E-state index contributed by atoms with van der Waals surface area (Å²) in [6.07, 6.45) is 3.12. The van der Waals surface area contributed by atoms with Gasteiger partial charge in [0.05, 0.1) is 15.7 Å². The molecule has 1 aliphatic rings. The van der Waals surface area contributed by atoms with Gasteiger partial charge in [0.15, 0.2) is 5.84 Å². The Morgan fingerprint density at radius 1 is 1.14 bits per heavy atom. The van der Waals surface area contributed by atoms with Crippen LogP contribution in [0, 0.1) is 0 Å². The SMILES string of the molecule is CNN1C(c2ccncc2)=NS(=O)(=O)c2cc(Cl)c(Cl)cc21. The number of nitrogens with one attached hydrogen (secondary N) is 1. The molecule has 1 aromatic carbocycles. The monoisotopic (exact) mass is 356 g/mol. The summed E-state index contributed by atoms with van der Waals surface area (Å²) in [7, 11) is -2.23. The minimum atomic E-state index is -3.88. The number of sulfonamides is 1. The highest BCUT2D eigenvalue weighted by Gasteiger charge is 2.32. The molecular weight excluding hydrogens is 347 g/mol. The van der Waals surface area contributed by atoms with E-state index in [2.05, 4.69) is 14.8 Å². The molecule has 0 spiro atoms. The molecule has 0 atom stereocenters. The Bertz CT molecular complexity index is 869. The molecule has 0 amide bonds. The molecule has 1 aromatic heterocycles. The molecule has 0 saturated heterocycles. The molecule has 3 rings (SSSR count). The normalized spacial score (nSPS) is 16.1. The van der Waals surface area contributed by atoms with E-state index < -0.39 is 10.0 Å². The van der Waals surface area contributed by atoms with E-state index in [0.717, 1.165) is 0 Å². The number of pyridine rings is 1. The molecule has 2 aromatic rings. The van der Waals surface area contributed by atoms with Crippen molar-refractivity contribution in [1.82, 2.24) is 10.4 Å². The molecule has 0 aliphatic carbocycles. The maximum Gasteiger partial charge on any atom is 0.286 e. The first-order valence-corrected chi connectivity index (χ1v) is 8.35. The first kappa shape index (κ1) is 15.2. The van der Waals surface area contributed by atoms with Crippen molar-refractivity contribution in [3.8, 4) is 0 Å². The van der Waals surface area contributed by atoms with Crippen molar-refractivity contribution in [3.63, 3.8) is 0 Å². The van der Waals surface area contributed by atoms with Crippen LogP contribution in [0.5, 0.6) is 0 Å². The maximum atomic E-state index is 12.4. The van der Waals surface area contributed by atoms with Crippen LogP contribution < -0.4 is 10.4 Å². The van der Waals surface area contributed by atoms with E-state index in [1.54, 1.807) is 31.6 Å². The Morgan fingerprint density at radius 2 is 1.77 bits per heavy atom. The number of nitrogens with zero attached hydrogens (tertiary/aromatic N) is 3. The molecule has 114 valence electrons. The highest BCUT2D eigenvalue weighted by Crippen LogP contribution is 2.37.